The van der Waals surface area contributed by atoms with Crippen LogP contribution in [-0.4, -0.2) is 23.4 Å². The first-order valence-electron chi connectivity index (χ1n) is 8.35. The number of esters is 1. The number of nitro groups is 1. The van der Waals surface area contributed by atoms with Gasteiger partial charge in [0.2, 0.25) is 0 Å². The SMILES string of the molecule is C[C@@H]1CCc2c(C(=O)OCC(=O)Nc3ccc([N+](=O)[O-])cc3Br)csc2C1. The van der Waals surface area contributed by atoms with E-state index in [9.17, 15) is 19.7 Å². The van der Waals surface area contributed by atoms with Crippen LogP contribution in [0, 0.1) is 16.0 Å². The molecule has 0 bridgehead atoms. The van der Waals surface area contributed by atoms with Gasteiger partial charge < -0.3 is 10.1 Å². The molecule has 1 aliphatic carbocycles. The Hall–Kier alpha value is -2.26. The Kier molecular flexibility index (Phi) is 5.91. The van der Waals surface area contributed by atoms with Crippen molar-refractivity contribution in [3.05, 3.63) is 54.2 Å². The second-order valence-corrected chi connectivity index (χ2v) is 8.26. The quantitative estimate of drug-likeness (QED) is 0.413. The summed E-state index contributed by atoms with van der Waals surface area (Å²) >= 11 is 4.74. The highest BCUT2D eigenvalue weighted by molar-refractivity contribution is 9.10. The number of halogens is 1. The molecule has 1 aromatic heterocycles. The molecule has 0 aliphatic heterocycles. The van der Waals surface area contributed by atoms with Gasteiger partial charge in [0.1, 0.15) is 0 Å². The molecule has 0 unspecified atom stereocenters. The van der Waals surface area contributed by atoms with Crippen LogP contribution in [0.25, 0.3) is 0 Å². The van der Waals surface area contributed by atoms with E-state index in [1.807, 2.05) is 0 Å². The normalized spacial score (nSPS) is 15.7. The van der Waals surface area contributed by atoms with Crippen molar-refractivity contribution in [1.29, 1.82) is 0 Å². The third kappa shape index (κ3) is 4.54. The number of thiophene rings is 1. The van der Waals surface area contributed by atoms with Gasteiger partial charge in [-0.3, -0.25) is 14.9 Å². The molecule has 0 saturated heterocycles. The summed E-state index contributed by atoms with van der Waals surface area (Å²) in [6.07, 6.45) is 2.87. The second-order valence-electron chi connectivity index (χ2n) is 6.44. The summed E-state index contributed by atoms with van der Waals surface area (Å²) in [5, 5.41) is 15.1. The number of carbonyl (C=O) groups excluding carboxylic acids is 2. The van der Waals surface area contributed by atoms with Crippen molar-refractivity contribution in [2.75, 3.05) is 11.9 Å². The van der Waals surface area contributed by atoms with E-state index in [0.717, 1.165) is 24.8 Å². The fourth-order valence-corrected chi connectivity index (χ4v) is 4.66. The molecule has 27 heavy (non-hydrogen) atoms. The smallest absolute Gasteiger partial charge is 0.339 e. The number of non-ortho nitro benzene ring substituents is 1. The van der Waals surface area contributed by atoms with Gasteiger partial charge in [0, 0.05) is 26.9 Å². The maximum absolute atomic E-state index is 12.3. The lowest BCUT2D eigenvalue weighted by Gasteiger charge is -2.18. The van der Waals surface area contributed by atoms with Gasteiger partial charge in [-0.2, -0.15) is 0 Å². The van der Waals surface area contributed by atoms with Crippen LogP contribution in [0.4, 0.5) is 11.4 Å². The molecular formula is C18H17BrN2O5S. The monoisotopic (exact) mass is 452 g/mol. The average molecular weight is 453 g/mol. The first-order valence-corrected chi connectivity index (χ1v) is 10.0. The number of rotatable bonds is 5. The number of hydrogen-bond acceptors (Lipinski definition) is 6. The number of nitro benzene ring substituents is 1. The van der Waals surface area contributed by atoms with Crippen LogP contribution >= 0.6 is 27.3 Å². The van der Waals surface area contributed by atoms with E-state index in [4.69, 9.17) is 4.74 Å². The first-order chi connectivity index (χ1) is 12.8. The Bertz CT molecular complexity index is 911. The van der Waals surface area contributed by atoms with E-state index in [1.165, 1.54) is 23.1 Å². The van der Waals surface area contributed by atoms with E-state index >= 15 is 0 Å². The fourth-order valence-electron chi connectivity index (χ4n) is 2.96. The summed E-state index contributed by atoms with van der Waals surface area (Å²) in [6, 6.07) is 3.99. The van der Waals surface area contributed by atoms with Crippen molar-refractivity contribution in [3.8, 4) is 0 Å². The summed E-state index contributed by atoms with van der Waals surface area (Å²) in [6.45, 7) is 1.77. The first kappa shape index (κ1) is 19.5. The summed E-state index contributed by atoms with van der Waals surface area (Å²) in [5.41, 5.74) is 1.86. The minimum atomic E-state index is -0.527. The van der Waals surface area contributed by atoms with Crippen LogP contribution in [-0.2, 0) is 22.4 Å². The largest absolute Gasteiger partial charge is 0.452 e. The fraction of sp³-hybridized carbons (Fsp3) is 0.333. The van der Waals surface area contributed by atoms with Crippen LogP contribution in [0.15, 0.2) is 28.1 Å². The number of nitrogens with one attached hydrogen (secondary N) is 1. The van der Waals surface area contributed by atoms with Gasteiger partial charge in [0.25, 0.3) is 11.6 Å². The average Bonchev–Trinajstić information content (AvgIpc) is 3.04. The van der Waals surface area contributed by atoms with Gasteiger partial charge in [-0.1, -0.05) is 6.92 Å². The van der Waals surface area contributed by atoms with Gasteiger partial charge in [-0.25, -0.2) is 4.79 Å². The molecule has 142 valence electrons. The van der Waals surface area contributed by atoms with Crippen molar-refractivity contribution in [3.63, 3.8) is 0 Å². The number of carbonyl (C=O) groups is 2. The number of nitrogens with zero attached hydrogens (tertiary/aromatic N) is 1. The molecule has 0 saturated carbocycles. The predicted molar refractivity (Wildman–Crippen MR) is 105 cm³/mol. The molecule has 1 N–H and O–H groups in total. The lowest BCUT2D eigenvalue weighted by Crippen LogP contribution is -2.21. The topological polar surface area (TPSA) is 98.5 Å². The molecule has 1 amide bonds. The molecular weight excluding hydrogens is 436 g/mol. The highest BCUT2D eigenvalue weighted by atomic mass is 79.9. The van der Waals surface area contributed by atoms with Crippen molar-refractivity contribution in [1.82, 2.24) is 0 Å². The van der Waals surface area contributed by atoms with Gasteiger partial charge in [-0.05, 0) is 52.7 Å². The van der Waals surface area contributed by atoms with Crippen molar-refractivity contribution in [2.24, 2.45) is 5.92 Å². The second kappa shape index (κ2) is 8.18. The van der Waals surface area contributed by atoms with Crippen LogP contribution in [0.3, 0.4) is 0 Å². The summed E-state index contributed by atoms with van der Waals surface area (Å²) in [7, 11) is 0. The van der Waals surface area contributed by atoms with E-state index in [2.05, 4.69) is 28.2 Å². The lowest BCUT2D eigenvalue weighted by molar-refractivity contribution is -0.384. The van der Waals surface area contributed by atoms with Crippen LogP contribution in [0.2, 0.25) is 0 Å². The molecule has 0 fully saturated rings. The summed E-state index contributed by atoms with van der Waals surface area (Å²) in [5.74, 6) is -0.401. The molecule has 1 atom stereocenters. The maximum atomic E-state index is 12.3. The number of amides is 1. The van der Waals surface area contributed by atoms with Gasteiger partial charge in [0.05, 0.1) is 16.2 Å². The minimum absolute atomic E-state index is 0.0946. The Morgan fingerprint density at radius 1 is 1.44 bits per heavy atom. The minimum Gasteiger partial charge on any atom is -0.452 e. The number of benzene rings is 1. The molecule has 0 spiro atoms. The maximum Gasteiger partial charge on any atom is 0.339 e. The van der Waals surface area contributed by atoms with Gasteiger partial charge in [-0.15, -0.1) is 11.3 Å². The molecule has 1 aromatic carbocycles. The highest BCUT2D eigenvalue weighted by Crippen LogP contribution is 2.33. The summed E-state index contributed by atoms with van der Waals surface area (Å²) in [4.78, 5) is 35.8. The Morgan fingerprint density at radius 3 is 2.93 bits per heavy atom. The molecule has 2 aromatic rings. The summed E-state index contributed by atoms with van der Waals surface area (Å²) < 4.78 is 5.52. The standard InChI is InChI=1S/C18H17BrN2O5S/c1-10-2-4-12-13(9-27-16(12)6-10)18(23)26-8-17(22)20-15-5-3-11(21(24)25)7-14(15)19/h3,5,7,9-10H,2,4,6,8H2,1H3,(H,20,22)/t10-/m1/s1. The zero-order valence-corrected chi connectivity index (χ0v) is 16.9. The van der Waals surface area contributed by atoms with Crippen LogP contribution in [0.1, 0.15) is 34.1 Å². The Morgan fingerprint density at radius 2 is 2.22 bits per heavy atom. The van der Waals surface area contributed by atoms with Crippen LogP contribution < -0.4 is 5.32 Å². The van der Waals surface area contributed by atoms with Gasteiger partial charge in [0.15, 0.2) is 6.61 Å². The Labute approximate surface area is 168 Å². The van der Waals surface area contributed by atoms with Crippen molar-refractivity contribution < 1.29 is 19.2 Å². The van der Waals surface area contributed by atoms with Gasteiger partial charge >= 0.3 is 5.97 Å². The zero-order chi connectivity index (χ0) is 19.6. The molecule has 3 rings (SSSR count). The van der Waals surface area contributed by atoms with E-state index in [0.29, 0.717) is 21.6 Å². The zero-order valence-electron chi connectivity index (χ0n) is 14.5. The molecule has 1 heterocycles. The van der Waals surface area contributed by atoms with E-state index in [-0.39, 0.29) is 5.69 Å². The van der Waals surface area contributed by atoms with Crippen LogP contribution in [0.5, 0.6) is 0 Å². The van der Waals surface area contributed by atoms with Crippen molar-refractivity contribution >= 4 is 50.5 Å². The number of anilines is 1. The highest BCUT2D eigenvalue weighted by Gasteiger charge is 2.24. The molecule has 0 radical (unpaired) electrons. The molecule has 1 aliphatic rings. The van der Waals surface area contributed by atoms with E-state index < -0.39 is 23.4 Å². The predicted octanol–water partition coefficient (Wildman–Crippen LogP) is 4.34. The number of ether oxygens (including phenoxy) is 1. The number of fused-ring (bicyclic) bond motifs is 1. The third-order valence-corrected chi connectivity index (χ3v) is 6.10. The van der Waals surface area contributed by atoms with E-state index in [1.54, 1.807) is 16.7 Å². The third-order valence-electron chi connectivity index (χ3n) is 4.39. The number of hydrogen-bond donors (Lipinski definition) is 1. The van der Waals surface area contributed by atoms with Crippen molar-refractivity contribution in [2.45, 2.75) is 26.2 Å². The Balaban J connectivity index is 1.58. The molecule has 9 heteroatoms. The lowest BCUT2D eigenvalue weighted by atomic mass is 9.88. The molecule has 7 nitrogen and oxygen atoms in total.